The van der Waals surface area contributed by atoms with E-state index in [1.165, 1.54) is 5.57 Å². The molecule has 0 aromatic heterocycles. The molecule has 0 spiro atoms. The summed E-state index contributed by atoms with van der Waals surface area (Å²) < 4.78 is 0. The molecule has 0 aliphatic heterocycles. The predicted molar refractivity (Wildman–Crippen MR) is 133 cm³/mol. The highest BCUT2D eigenvalue weighted by Crippen LogP contribution is 2.69. The lowest BCUT2D eigenvalue weighted by Crippen LogP contribution is -2.61. The van der Waals surface area contributed by atoms with Crippen molar-refractivity contribution in [3.05, 3.63) is 22.8 Å². The van der Waals surface area contributed by atoms with Crippen LogP contribution in [0.4, 0.5) is 0 Å². The molecule has 4 rings (SSSR count). The quantitative estimate of drug-likeness (QED) is 0.364. The molecule has 0 radical (unpaired) electrons. The van der Waals surface area contributed by atoms with Crippen LogP contribution in [0.2, 0.25) is 0 Å². The molecule has 2 saturated carbocycles. The lowest BCUT2D eigenvalue weighted by atomic mass is 9.42. The van der Waals surface area contributed by atoms with E-state index < -0.39 is 27.4 Å². The second-order valence-electron chi connectivity index (χ2n) is 13.2. The maximum absolute atomic E-state index is 14.1. The Morgan fingerprint density at radius 1 is 1.00 bits per heavy atom. The Hall–Kier alpha value is -1.84. The van der Waals surface area contributed by atoms with Crippen molar-refractivity contribution >= 4 is 23.1 Å². The van der Waals surface area contributed by atoms with Gasteiger partial charge in [0.15, 0.2) is 5.78 Å². The number of rotatable bonds is 4. The van der Waals surface area contributed by atoms with Gasteiger partial charge >= 0.3 is 0 Å². The number of allylic oxidation sites excluding steroid dienone is 4. The van der Waals surface area contributed by atoms with Crippen LogP contribution in [0.15, 0.2) is 22.8 Å². The maximum Gasteiger partial charge on any atom is 0.226 e. The zero-order valence-corrected chi connectivity index (χ0v) is 22.4. The van der Waals surface area contributed by atoms with Gasteiger partial charge in [-0.15, -0.1) is 0 Å². The highest BCUT2D eigenvalue weighted by Gasteiger charge is 2.70. The molecule has 4 nitrogen and oxygen atoms in total. The Morgan fingerprint density at radius 3 is 2.26 bits per heavy atom. The van der Waals surface area contributed by atoms with Gasteiger partial charge in [-0.3, -0.25) is 19.2 Å². The first-order chi connectivity index (χ1) is 15.6. The molecule has 0 amide bonds. The summed E-state index contributed by atoms with van der Waals surface area (Å²) in [5.74, 6) is -0.460. The molecule has 0 aromatic rings. The summed E-state index contributed by atoms with van der Waals surface area (Å²) in [4.78, 5) is 54.7. The molecular weight excluding hydrogens is 424 g/mol. The van der Waals surface area contributed by atoms with E-state index in [9.17, 15) is 19.2 Å². The number of Topliss-reactive ketones (excluding diaryl/α,β-unsaturated/α-hetero) is 4. The van der Waals surface area contributed by atoms with Crippen molar-refractivity contribution in [3.8, 4) is 0 Å². The minimum Gasteiger partial charge on any atom is -0.299 e. The number of fused-ring (bicyclic) bond motifs is 4. The number of carbonyl (C=O) groups is 4. The fraction of sp³-hybridized carbons (Fsp3) is 0.733. The van der Waals surface area contributed by atoms with Crippen molar-refractivity contribution in [1.29, 1.82) is 0 Å². The van der Waals surface area contributed by atoms with Crippen molar-refractivity contribution in [2.75, 3.05) is 0 Å². The van der Waals surface area contributed by atoms with Gasteiger partial charge in [0.2, 0.25) is 11.6 Å². The minimum atomic E-state index is -0.855. The maximum atomic E-state index is 14.1. The standard InChI is InChI=1S/C30H42O4/c1-17(2)10-9-11-18(3)19-12-15-29(7)23-20(31)16-21-27(4,5)22(32)13-14-28(21,6)24(23)25(33)26(34)30(19,29)8/h10,18-19,21H,9,11-16H2,1-8H3/t18-,19-,21+,28+,29+,30+/m1/s1. The average molecular weight is 467 g/mol. The first kappa shape index (κ1) is 25.3. The van der Waals surface area contributed by atoms with Gasteiger partial charge in [0.1, 0.15) is 5.78 Å². The van der Waals surface area contributed by atoms with Crippen molar-refractivity contribution in [2.24, 2.45) is 39.4 Å². The Kier molecular flexibility index (Phi) is 5.82. The molecule has 2 fully saturated rings. The Morgan fingerprint density at radius 2 is 1.65 bits per heavy atom. The first-order valence-electron chi connectivity index (χ1n) is 13.2. The predicted octanol–water partition coefficient (Wildman–Crippen LogP) is 6.22. The molecule has 0 N–H and O–H groups in total. The molecule has 0 bridgehead atoms. The van der Waals surface area contributed by atoms with Crippen LogP contribution < -0.4 is 0 Å². The zero-order chi connectivity index (χ0) is 25.4. The van der Waals surface area contributed by atoms with Crippen molar-refractivity contribution in [2.45, 2.75) is 100 Å². The van der Waals surface area contributed by atoms with Crippen molar-refractivity contribution < 1.29 is 19.2 Å². The molecule has 34 heavy (non-hydrogen) atoms. The van der Waals surface area contributed by atoms with E-state index in [0.29, 0.717) is 30.4 Å². The summed E-state index contributed by atoms with van der Waals surface area (Å²) in [6.07, 6.45) is 7.01. The van der Waals surface area contributed by atoms with Crippen molar-refractivity contribution in [1.82, 2.24) is 0 Å². The van der Waals surface area contributed by atoms with Gasteiger partial charge in [0.25, 0.3) is 0 Å². The normalized spacial score (nSPS) is 40.0. The molecular formula is C30H42O4. The molecule has 0 saturated heterocycles. The van der Waals surface area contributed by atoms with Gasteiger partial charge in [-0.1, -0.05) is 53.2 Å². The molecule has 0 heterocycles. The molecule has 4 aliphatic carbocycles. The van der Waals surface area contributed by atoms with E-state index in [1.807, 2.05) is 27.7 Å². The molecule has 4 aliphatic rings. The monoisotopic (exact) mass is 466 g/mol. The van der Waals surface area contributed by atoms with Gasteiger partial charge < -0.3 is 0 Å². The highest BCUT2D eigenvalue weighted by atomic mass is 16.2. The van der Waals surface area contributed by atoms with Crippen LogP contribution in [0, 0.1) is 39.4 Å². The van der Waals surface area contributed by atoms with E-state index in [1.54, 1.807) is 0 Å². The Labute approximate surface area is 205 Å². The molecule has 186 valence electrons. The van der Waals surface area contributed by atoms with Gasteiger partial charge in [-0.05, 0) is 63.7 Å². The van der Waals surface area contributed by atoms with E-state index in [4.69, 9.17) is 0 Å². The topological polar surface area (TPSA) is 68.3 Å². The fourth-order valence-corrected chi connectivity index (χ4v) is 8.55. The summed E-state index contributed by atoms with van der Waals surface area (Å²) in [5.41, 5.74) is -0.363. The van der Waals surface area contributed by atoms with Crippen LogP contribution in [-0.2, 0) is 19.2 Å². The van der Waals surface area contributed by atoms with Gasteiger partial charge in [0.05, 0.1) is 0 Å². The van der Waals surface area contributed by atoms with Crippen LogP contribution in [0.5, 0.6) is 0 Å². The summed E-state index contributed by atoms with van der Waals surface area (Å²) in [6.45, 7) is 16.3. The SMILES string of the molecule is CC(C)=CCC[C@@H](C)[C@H]1CC[C@@]2(C)C3=C(C(=O)C(=O)[C@]12C)[C@@]1(C)CCC(=O)C(C)(C)[C@@H]1CC3=O. The number of ketones is 4. The first-order valence-corrected chi connectivity index (χ1v) is 13.2. The van der Waals surface area contributed by atoms with Gasteiger partial charge in [-0.25, -0.2) is 0 Å². The van der Waals surface area contributed by atoms with Crippen molar-refractivity contribution in [3.63, 3.8) is 0 Å². The molecule has 0 unspecified atom stereocenters. The lowest BCUT2D eigenvalue weighted by molar-refractivity contribution is -0.153. The number of hydrogen-bond acceptors (Lipinski definition) is 4. The summed E-state index contributed by atoms with van der Waals surface area (Å²) in [5, 5.41) is 0. The van der Waals surface area contributed by atoms with E-state index in [2.05, 4.69) is 33.8 Å². The second kappa shape index (κ2) is 7.83. The molecule has 0 aromatic carbocycles. The van der Waals surface area contributed by atoms with Gasteiger partial charge in [-0.2, -0.15) is 0 Å². The van der Waals surface area contributed by atoms with Gasteiger partial charge in [0, 0.05) is 45.6 Å². The zero-order valence-electron chi connectivity index (χ0n) is 22.4. The van der Waals surface area contributed by atoms with Crippen LogP contribution >= 0.6 is 0 Å². The highest BCUT2D eigenvalue weighted by molar-refractivity contribution is 6.48. The summed E-state index contributed by atoms with van der Waals surface area (Å²) >= 11 is 0. The average Bonchev–Trinajstić information content (AvgIpc) is 3.03. The van der Waals surface area contributed by atoms with Crippen LogP contribution in [-0.4, -0.2) is 23.1 Å². The Balaban J connectivity index is 1.83. The van der Waals surface area contributed by atoms with Crippen LogP contribution in [0.25, 0.3) is 0 Å². The fourth-order valence-electron chi connectivity index (χ4n) is 8.55. The second-order valence-corrected chi connectivity index (χ2v) is 13.2. The Bertz CT molecular complexity index is 1040. The largest absolute Gasteiger partial charge is 0.299 e. The minimum absolute atomic E-state index is 0.00679. The number of hydrogen-bond donors (Lipinski definition) is 0. The van der Waals surface area contributed by atoms with Crippen LogP contribution in [0.1, 0.15) is 100 Å². The lowest BCUT2D eigenvalue weighted by Gasteiger charge is -2.58. The third-order valence-corrected chi connectivity index (χ3v) is 10.9. The smallest absolute Gasteiger partial charge is 0.226 e. The number of carbonyl (C=O) groups excluding carboxylic acids is 4. The third kappa shape index (κ3) is 3.09. The van der Waals surface area contributed by atoms with E-state index in [-0.39, 0.29) is 35.1 Å². The van der Waals surface area contributed by atoms with Crippen LogP contribution in [0.3, 0.4) is 0 Å². The van der Waals surface area contributed by atoms with E-state index in [0.717, 1.165) is 25.7 Å². The van der Waals surface area contributed by atoms with E-state index >= 15 is 0 Å². The molecule has 6 atom stereocenters. The summed E-state index contributed by atoms with van der Waals surface area (Å²) in [7, 11) is 0. The molecule has 4 heteroatoms. The summed E-state index contributed by atoms with van der Waals surface area (Å²) in [6, 6.07) is 0. The third-order valence-electron chi connectivity index (χ3n) is 10.9.